The Kier molecular flexibility index (Phi) is 6.12. The lowest BCUT2D eigenvalue weighted by Gasteiger charge is -2.17. The number of carbonyl (C=O) groups is 1. The van der Waals surface area contributed by atoms with Crippen molar-refractivity contribution in [2.24, 2.45) is 0 Å². The predicted octanol–water partition coefficient (Wildman–Crippen LogP) is 5.10. The third-order valence-corrected chi connectivity index (χ3v) is 5.35. The van der Waals surface area contributed by atoms with Crippen molar-refractivity contribution >= 4 is 33.4 Å². The van der Waals surface area contributed by atoms with Gasteiger partial charge in [-0.15, -0.1) is 0 Å². The van der Waals surface area contributed by atoms with Crippen molar-refractivity contribution in [3.8, 4) is 17.2 Å². The molecule has 2 aromatic carbocycles. The van der Waals surface area contributed by atoms with Crippen molar-refractivity contribution in [2.75, 3.05) is 19.0 Å². The molecule has 1 aromatic heterocycles. The van der Waals surface area contributed by atoms with E-state index in [1.165, 1.54) is 13.2 Å². The number of aromatic nitrogens is 2. The standard InChI is InChI=1S/C21H22BrN3O4/c1-5-29-17-9-7-6-8-16(17)25-20(18(22)13(3)24-25)23-19-12(2)10-14(28-4)11-15(19)21(26)27/h6-11,23H,5H2,1-4H3,(H,26,27). The summed E-state index contributed by atoms with van der Waals surface area (Å²) >= 11 is 3.57. The van der Waals surface area contributed by atoms with Gasteiger partial charge in [-0.05, 0) is 66.5 Å². The van der Waals surface area contributed by atoms with Gasteiger partial charge in [0, 0.05) is 0 Å². The Morgan fingerprint density at radius 3 is 2.66 bits per heavy atom. The van der Waals surface area contributed by atoms with E-state index in [0.717, 1.165) is 21.4 Å². The maximum Gasteiger partial charge on any atom is 0.337 e. The van der Waals surface area contributed by atoms with Crippen molar-refractivity contribution in [1.29, 1.82) is 0 Å². The first-order valence-corrected chi connectivity index (χ1v) is 9.82. The number of hydrogen-bond acceptors (Lipinski definition) is 5. The molecular formula is C21H22BrN3O4. The van der Waals surface area contributed by atoms with Crippen LogP contribution in [0.4, 0.5) is 11.5 Å². The fourth-order valence-electron chi connectivity index (χ4n) is 3.02. The lowest BCUT2D eigenvalue weighted by atomic mass is 10.1. The van der Waals surface area contributed by atoms with Crippen LogP contribution in [0.2, 0.25) is 0 Å². The normalized spacial score (nSPS) is 10.7. The van der Waals surface area contributed by atoms with Crippen LogP contribution in [-0.4, -0.2) is 34.6 Å². The molecule has 2 N–H and O–H groups in total. The molecule has 3 aromatic rings. The zero-order chi connectivity index (χ0) is 21.1. The maximum atomic E-state index is 11.9. The minimum atomic E-state index is -1.05. The number of nitrogens with zero attached hydrogens (tertiary/aromatic N) is 2. The molecule has 8 heteroatoms. The van der Waals surface area contributed by atoms with Gasteiger partial charge in [0.25, 0.3) is 0 Å². The zero-order valence-electron chi connectivity index (χ0n) is 16.6. The molecule has 0 aliphatic heterocycles. The first-order chi connectivity index (χ1) is 13.9. The number of aryl methyl sites for hydroxylation is 2. The van der Waals surface area contributed by atoms with Gasteiger partial charge < -0.3 is 19.9 Å². The molecule has 0 saturated carbocycles. The first kappa shape index (κ1) is 20.7. The Hall–Kier alpha value is -3.00. The summed E-state index contributed by atoms with van der Waals surface area (Å²) in [5.74, 6) is 0.711. The molecule has 152 valence electrons. The molecular weight excluding hydrogens is 438 g/mol. The van der Waals surface area contributed by atoms with Gasteiger partial charge in [-0.3, -0.25) is 0 Å². The number of benzene rings is 2. The second kappa shape index (κ2) is 8.57. The Morgan fingerprint density at radius 1 is 1.28 bits per heavy atom. The Bertz CT molecular complexity index is 1060. The lowest BCUT2D eigenvalue weighted by Crippen LogP contribution is -2.10. The van der Waals surface area contributed by atoms with Gasteiger partial charge in [0.2, 0.25) is 0 Å². The van der Waals surface area contributed by atoms with E-state index in [-0.39, 0.29) is 5.56 Å². The Balaban J connectivity index is 2.17. The largest absolute Gasteiger partial charge is 0.497 e. The third kappa shape index (κ3) is 4.07. The molecule has 3 rings (SSSR count). The molecule has 0 aliphatic carbocycles. The number of methoxy groups -OCH3 is 1. The van der Waals surface area contributed by atoms with Gasteiger partial charge in [0.1, 0.15) is 23.0 Å². The average Bonchev–Trinajstić information content (AvgIpc) is 2.98. The molecule has 0 amide bonds. The maximum absolute atomic E-state index is 11.9. The van der Waals surface area contributed by atoms with Crippen LogP contribution >= 0.6 is 15.9 Å². The number of hydrogen-bond donors (Lipinski definition) is 2. The van der Waals surface area contributed by atoms with Crippen molar-refractivity contribution in [2.45, 2.75) is 20.8 Å². The van der Waals surface area contributed by atoms with Gasteiger partial charge in [-0.2, -0.15) is 5.10 Å². The van der Waals surface area contributed by atoms with E-state index < -0.39 is 5.97 Å². The summed E-state index contributed by atoms with van der Waals surface area (Å²) in [4.78, 5) is 11.9. The number of ether oxygens (including phenoxy) is 2. The average molecular weight is 460 g/mol. The van der Waals surface area contributed by atoms with E-state index in [4.69, 9.17) is 9.47 Å². The fraction of sp³-hybridized carbons (Fsp3) is 0.238. The second-order valence-corrected chi connectivity index (χ2v) is 7.15. The predicted molar refractivity (Wildman–Crippen MR) is 115 cm³/mol. The number of rotatable bonds is 7. The van der Waals surface area contributed by atoms with Crippen molar-refractivity contribution < 1.29 is 19.4 Å². The second-order valence-electron chi connectivity index (χ2n) is 6.36. The molecule has 1 heterocycles. The summed E-state index contributed by atoms with van der Waals surface area (Å²) in [5, 5.41) is 17.6. The van der Waals surface area contributed by atoms with Crippen LogP contribution < -0.4 is 14.8 Å². The highest BCUT2D eigenvalue weighted by Crippen LogP contribution is 2.37. The van der Waals surface area contributed by atoms with Crippen molar-refractivity contribution in [3.63, 3.8) is 0 Å². The van der Waals surface area contributed by atoms with Gasteiger partial charge in [0.15, 0.2) is 0 Å². The van der Waals surface area contributed by atoms with E-state index >= 15 is 0 Å². The number of nitrogens with one attached hydrogen (secondary N) is 1. The topological polar surface area (TPSA) is 85.6 Å². The van der Waals surface area contributed by atoms with Crippen molar-refractivity contribution in [3.05, 3.63) is 57.7 Å². The molecule has 0 unspecified atom stereocenters. The molecule has 0 bridgehead atoms. The van der Waals surface area contributed by atoms with Gasteiger partial charge >= 0.3 is 5.97 Å². The summed E-state index contributed by atoms with van der Waals surface area (Å²) in [6.45, 7) is 6.13. The van der Waals surface area contributed by atoms with Crippen LogP contribution in [-0.2, 0) is 0 Å². The van der Waals surface area contributed by atoms with E-state index in [1.54, 1.807) is 10.7 Å². The Morgan fingerprint density at radius 2 is 2.00 bits per heavy atom. The van der Waals surface area contributed by atoms with Crippen LogP contribution in [0.25, 0.3) is 5.69 Å². The van der Waals surface area contributed by atoms with E-state index in [9.17, 15) is 9.90 Å². The molecule has 0 aliphatic rings. The number of carboxylic acids is 1. The summed E-state index contributed by atoms with van der Waals surface area (Å²) in [6.07, 6.45) is 0. The number of anilines is 2. The number of para-hydroxylation sites is 2. The summed E-state index contributed by atoms with van der Waals surface area (Å²) in [5.41, 5.74) is 2.80. The molecule has 0 fully saturated rings. The number of carboxylic acid groups (broad SMARTS) is 1. The molecule has 0 spiro atoms. The fourth-order valence-corrected chi connectivity index (χ4v) is 3.37. The molecule has 29 heavy (non-hydrogen) atoms. The van der Waals surface area contributed by atoms with E-state index in [1.807, 2.05) is 45.0 Å². The quantitative estimate of drug-likeness (QED) is 0.510. The first-order valence-electron chi connectivity index (χ1n) is 9.03. The van der Waals surface area contributed by atoms with Gasteiger partial charge in [-0.1, -0.05) is 12.1 Å². The van der Waals surface area contributed by atoms with Crippen LogP contribution in [0.5, 0.6) is 11.5 Å². The third-order valence-electron chi connectivity index (χ3n) is 4.40. The summed E-state index contributed by atoms with van der Waals surface area (Å²) in [6, 6.07) is 10.8. The number of halogens is 1. The van der Waals surface area contributed by atoms with Crippen molar-refractivity contribution in [1.82, 2.24) is 9.78 Å². The zero-order valence-corrected chi connectivity index (χ0v) is 18.2. The minimum Gasteiger partial charge on any atom is -0.497 e. The van der Waals surface area contributed by atoms with E-state index in [0.29, 0.717) is 29.6 Å². The summed E-state index contributed by atoms with van der Waals surface area (Å²) < 4.78 is 13.4. The Labute approximate surface area is 177 Å². The van der Waals surface area contributed by atoms with Gasteiger partial charge in [0.05, 0.1) is 35.1 Å². The van der Waals surface area contributed by atoms with Crippen LogP contribution in [0, 0.1) is 13.8 Å². The highest BCUT2D eigenvalue weighted by atomic mass is 79.9. The van der Waals surface area contributed by atoms with Crippen LogP contribution in [0.15, 0.2) is 40.9 Å². The van der Waals surface area contributed by atoms with Crippen LogP contribution in [0.3, 0.4) is 0 Å². The van der Waals surface area contributed by atoms with Crippen LogP contribution in [0.1, 0.15) is 28.5 Å². The monoisotopic (exact) mass is 459 g/mol. The molecule has 0 saturated heterocycles. The number of aromatic carboxylic acids is 1. The van der Waals surface area contributed by atoms with E-state index in [2.05, 4.69) is 26.3 Å². The van der Waals surface area contributed by atoms with Gasteiger partial charge in [-0.25, -0.2) is 9.48 Å². The highest BCUT2D eigenvalue weighted by Gasteiger charge is 2.21. The smallest absolute Gasteiger partial charge is 0.337 e. The molecule has 7 nitrogen and oxygen atoms in total. The molecule has 0 atom stereocenters. The lowest BCUT2D eigenvalue weighted by molar-refractivity contribution is 0.0697. The minimum absolute atomic E-state index is 0.109. The summed E-state index contributed by atoms with van der Waals surface area (Å²) in [7, 11) is 1.51. The SMILES string of the molecule is CCOc1ccccc1-n1nc(C)c(Br)c1Nc1c(C)cc(OC)cc1C(=O)O. The molecule has 0 radical (unpaired) electrons. The highest BCUT2D eigenvalue weighted by molar-refractivity contribution is 9.10.